The van der Waals surface area contributed by atoms with Crippen LogP contribution < -0.4 is 9.61 Å². The number of rotatable bonds is 12. The summed E-state index contributed by atoms with van der Waals surface area (Å²) in [6.07, 6.45) is -3.95. The van der Waals surface area contributed by atoms with Crippen LogP contribution in [0.15, 0.2) is 61.3 Å². The number of nitrogens with zero attached hydrogens (tertiary/aromatic N) is 1. The number of esters is 1. The molecule has 1 saturated heterocycles. The molecule has 1 fully saturated rings. The van der Waals surface area contributed by atoms with Crippen LogP contribution in [0.4, 0.5) is 4.39 Å². The lowest BCUT2D eigenvalue weighted by Crippen LogP contribution is -2.49. The first-order valence-electron chi connectivity index (χ1n) is 12.9. The molecule has 41 heavy (non-hydrogen) atoms. The first kappa shape index (κ1) is 32.7. The van der Waals surface area contributed by atoms with Gasteiger partial charge in [0.2, 0.25) is 5.91 Å². The zero-order valence-corrected chi connectivity index (χ0v) is 25.1. The summed E-state index contributed by atoms with van der Waals surface area (Å²) in [7, 11) is -4.36. The molecule has 0 radical (unpaired) electrons. The average Bonchev–Trinajstić information content (AvgIpc) is 3.12. The van der Waals surface area contributed by atoms with Crippen LogP contribution in [0.5, 0.6) is 5.75 Å². The second kappa shape index (κ2) is 13.5. The zero-order valence-electron chi connectivity index (χ0n) is 23.5. The number of aliphatic hydroxyl groups is 1. The Kier molecular flexibility index (Phi) is 10.7. The molecule has 1 aliphatic heterocycles. The van der Waals surface area contributed by atoms with E-state index in [9.17, 15) is 19.3 Å². The van der Waals surface area contributed by atoms with Gasteiger partial charge in [0.05, 0.1) is 12.7 Å². The summed E-state index contributed by atoms with van der Waals surface area (Å²) in [5.41, 5.74) is -0.684. The van der Waals surface area contributed by atoms with Crippen LogP contribution in [0.3, 0.4) is 0 Å². The minimum Gasteiger partial charge on any atom is -0.462 e. The van der Waals surface area contributed by atoms with Gasteiger partial charge in [0, 0.05) is 18.1 Å². The Morgan fingerprint density at radius 2 is 1.76 bits per heavy atom. The normalized spacial score (nSPS) is 24.4. The molecular formula is C28H35ClFN2O8P. The van der Waals surface area contributed by atoms with Gasteiger partial charge in [-0.3, -0.25) is 19.0 Å². The Hall–Kier alpha value is -2.79. The van der Waals surface area contributed by atoms with E-state index < -0.39 is 62.5 Å². The number of hydrogen-bond donors (Lipinski definition) is 2. The third-order valence-corrected chi connectivity index (χ3v) is 8.15. The second-order valence-corrected chi connectivity index (χ2v) is 12.1. The molecule has 1 aliphatic rings. The highest BCUT2D eigenvalue weighted by Crippen LogP contribution is 2.47. The summed E-state index contributed by atoms with van der Waals surface area (Å²) >= 11 is 5.96. The first-order valence-corrected chi connectivity index (χ1v) is 14.8. The minimum atomic E-state index is -4.36. The monoisotopic (exact) mass is 612 g/mol. The summed E-state index contributed by atoms with van der Waals surface area (Å²) in [4.78, 5) is 25.3. The number of hydrogen-bond acceptors (Lipinski definition) is 8. The van der Waals surface area contributed by atoms with Crippen molar-refractivity contribution in [2.24, 2.45) is 0 Å². The van der Waals surface area contributed by atoms with Crippen molar-refractivity contribution in [2.75, 3.05) is 6.61 Å². The molecule has 2 N–H and O–H groups in total. The maximum absolute atomic E-state index is 15.5. The zero-order chi connectivity index (χ0) is 30.5. The van der Waals surface area contributed by atoms with Crippen molar-refractivity contribution < 1.29 is 42.2 Å². The van der Waals surface area contributed by atoms with E-state index in [1.54, 1.807) is 50.2 Å². The Bertz CT molecular complexity index is 1270. The Morgan fingerprint density at radius 3 is 2.27 bits per heavy atom. The van der Waals surface area contributed by atoms with Crippen molar-refractivity contribution in [1.29, 1.82) is 0 Å². The van der Waals surface area contributed by atoms with Crippen LogP contribution in [-0.4, -0.2) is 64.7 Å². The molecule has 3 rings (SSSR count). The van der Waals surface area contributed by atoms with Gasteiger partial charge in [-0.15, -0.1) is 0 Å². The number of benzene rings is 2. The maximum atomic E-state index is 15.5. The van der Waals surface area contributed by atoms with Crippen LogP contribution >= 0.6 is 19.3 Å². The molecule has 6 atom stereocenters. The van der Waals surface area contributed by atoms with E-state index in [1.807, 2.05) is 12.1 Å². The van der Waals surface area contributed by atoms with Gasteiger partial charge in [-0.2, -0.15) is 5.09 Å². The highest BCUT2D eigenvalue weighted by molar-refractivity contribution is 7.52. The number of amides is 1. The van der Waals surface area contributed by atoms with E-state index >= 15 is 4.39 Å². The van der Waals surface area contributed by atoms with Crippen LogP contribution in [0.2, 0.25) is 5.02 Å². The topological polar surface area (TPSA) is 124 Å². The second-order valence-electron chi connectivity index (χ2n) is 9.98. The molecule has 6 unspecified atom stereocenters. The average molecular weight is 613 g/mol. The highest BCUT2D eigenvalue weighted by Gasteiger charge is 2.57. The number of alkyl halides is 1. The summed E-state index contributed by atoms with van der Waals surface area (Å²) < 4.78 is 51.4. The van der Waals surface area contributed by atoms with Gasteiger partial charge in [-0.05, 0) is 63.1 Å². The van der Waals surface area contributed by atoms with E-state index in [-0.39, 0.29) is 5.75 Å². The lowest BCUT2D eigenvalue weighted by molar-refractivity contribution is -0.149. The Labute approximate surface area is 244 Å². The molecule has 0 aliphatic carbocycles. The number of aliphatic hydroxyl groups excluding tert-OH is 1. The molecule has 224 valence electrons. The van der Waals surface area contributed by atoms with Crippen molar-refractivity contribution in [3.05, 3.63) is 66.3 Å². The number of halogens is 2. The van der Waals surface area contributed by atoms with E-state index in [4.69, 9.17) is 30.1 Å². The molecule has 10 nitrogen and oxygen atoms in total. The van der Waals surface area contributed by atoms with Crippen molar-refractivity contribution >= 4 is 31.2 Å². The summed E-state index contributed by atoms with van der Waals surface area (Å²) in [6, 6.07) is 12.6. The molecule has 0 bridgehead atoms. The summed E-state index contributed by atoms with van der Waals surface area (Å²) in [5, 5.41) is 13.8. The van der Waals surface area contributed by atoms with Gasteiger partial charge in [0.15, 0.2) is 11.9 Å². The molecule has 0 saturated carbocycles. The smallest absolute Gasteiger partial charge is 0.459 e. The molecule has 0 spiro atoms. The highest BCUT2D eigenvalue weighted by atomic mass is 35.5. The molecular weight excluding hydrogens is 578 g/mol. The van der Waals surface area contributed by atoms with Crippen molar-refractivity contribution in [1.82, 2.24) is 9.99 Å². The predicted octanol–water partition coefficient (Wildman–Crippen LogP) is 5.25. The molecule has 1 amide bonds. The van der Waals surface area contributed by atoms with Crippen molar-refractivity contribution in [3.63, 3.8) is 0 Å². The quantitative estimate of drug-likeness (QED) is 0.244. The molecule has 0 aromatic heterocycles. The van der Waals surface area contributed by atoms with E-state index in [2.05, 4.69) is 11.7 Å². The third kappa shape index (κ3) is 8.16. The molecule has 2 aromatic carbocycles. The van der Waals surface area contributed by atoms with Gasteiger partial charge in [-0.25, -0.2) is 8.96 Å². The summed E-state index contributed by atoms with van der Waals surface area (Å²) in [6.45, 7) is 9.89. The van der Waals surface area contributed by atoms with Gasteiger partial charge in [0.1, 0.15) is 24.0 Å². The third-order valence-electron chi connectivity index (χ3n) is 6.25. The standard InChI is InChI=1S/C28H35ClFN2O8P/c1-7-32(19(5)33)27-28(6,30)25(34)24(39-27)16-37-41(36,31-18(4)26(35)38-17(2)3)40-23-14-10-21(11-15-23)20-8-12-22(29)13-9-20/h7-15,17-18,24-25,27,34H,1,16H2,2-6H3,(H,31,36). The number of nitrogens with one attached hydrogen (secondary N) is 1. The Balaban J connectivity index is 1.81. The first-order chi connectivity index (χ1) is 19.2. The van der Waals surface area contributed by atoms with E-state index in [1.165, 1.54) is 13.8 Å². The lowest BCUT2D eigenvalue weighted by Gasteiger charge is -2.30. The predicted molar refractivity (Wildman–Crippen MR) is 152 cm³/mol. The fourth-order valence-corrected chi connectivity index (χ4v) is 5.74. The van der Waals surface area contributed by atoms with Gasteiger partial charge < -0.3 is 19.1 Å². The van der Waals surface area contributed by atoms with Crippen LogP contribution in [0.1, 0.15) is 34.6 Å². The number of ether oxygens (including phenoxy) is 2. The number of carbonyl (C=O) groups excluding carboxylic acids is 2. The Morgan fingerprint density at radius 1 is 1.20 bits per heavy atom. The van der Waals surface area contributed by atoms with Gasteiger partial charge in [0.25, 0.3) is 0 Å². The van der Waals surface area contributed by atoms with Crippen molar-refractivity contribution in [2.45, 2.75) is 70.9 Å². The maximum Gasteiger partial charge on any atom is 0.459 e. The van der Waals surface area contributed by atoms with Crippen LogP contribution in [-0.2, 0) is 28.2 Å². The largest absolute Gasteiger partial charge is 0.462 e. The van der Waals surface area contributed by atoms with Gasteiger partial charge >= 0.3 is 13.7 Å². The minimum absolute atomic E-state index is 0.137. The number of carbonyl (C=O) groups is 2. The fourth-order valence-electron chi connectivity index (χ4n) is 4.12. The lowest BCUT2D eigenvalue weighted by atomic mass is 9.98. The fraction of sp³-hybridized carbons (Fsp3) is 0.429. The molecule has 1 heterocycles. The van der Waals surface area contributed by atoms with Gasteiger partial charge in [-0.1, -0.05) is 42.4 Å². The van der Waals surface area contributed by atoms with Crippen molar-refractivity contribution in [3.8, 4) is 16.9 Å². The molecule has 13 heteroatoms. The SMILES string of the molecule is C=CN(C(C)=O)C1OC(COP(=O)(NC(C)C(=O)OC(C)C)Oc2ccc(-c3ccc(Cl)cc3)cc2)C(O)C1(C)F. The van der Waals surface area contributed by atoms with E-state index in [0.29, 0.717) is 5.02 Å². The summed E-state index contributed by atoms with van der Waals surface area (Å²) in [5.74, 6) is -1.13. The van der Waals surface area contributed by atoms with E-state index in [0.717, 1.165) is 29.2 Å². The van der Waals surface area contributed by atoms with Crippen LogP contribution in [0, 0.1) is 0 Å². The molecule has 2 aromatic rings. The van der Waals surface area contributed by atoms with Crippen LogP contribution in [0.25, 0.3) is 11.1 Å².